The summed E-state index contributed by atoms with van der Waals surface area (Å²) in [5.41, 5.74) is 1.11. The van der Waals surface area contributed by atoms with E-state index in [2.05, 4.69) is 10.6 Å². The van der Waals surface area contributed by atoms with Gasteiger partial charge in [-0.05, 0) is 42.7 Å². The van der Waals surface area contributed by atoms with E-state index < -0.39 is 29.2 Å². The molecule has 2 aromatic rings. The first kappa shape index (κ1) is 18.6. The van der Waals surface area contributed by atoms with E-state index in [4.69, 9.17) is 0 Å². The third-order valence-corrected chi connectivity index (χ3v) is 4.74. The fourth-order valence-electron chi connectivity index (χ4n) is 3.02. The summed E-state index contributed by atoms with van der Waals surface area (Å²) < 4.78 is 13.1. The SMILES string of the molecule is Cc1ccccc1CNC(=O)CN1C(=O)NC(C)(c2ccc(F)cc2)C1=O. The second-order valence-electron chi connectivity index (χ2n) is 6.66. The van der Waals surface area contributed by atoms with Gasteiger partial charge in [-0.3, -0.25) is 14.5 Å². The topological polar surface area (TPSA) is 78.5 Å². The molecule has 1 heterocycles. The van der Waals surface area contributed by atoms with Crippen molar-refractivity contribution in [3.63, 3.8) is 0 Å². The Morgan fingerprint density at radius 1 is 1.15 bits per heavy atom. The molecule has 1 unspecified atom stereocenters. The zero-order chi connectivity index (χ0) is 19.6. The number of hydrogen-bond donors (Lipinski definition) is 2. The Hall–Kier alpha value is -3.22. The molecule has 2 aromatic carbocycles. The van der Waals surface area contributed by atoms with Crippen LogP contribution in [0.1, 0.15) is 23.6 Å². The summed E-state index contributed by atoms with van der Waals surface area (Å²) in [4.78, 5) is 38.1. The standard InChI is InChI=1S/C20H20FN3O3/c1-13-5-3-4-6-14(13)11-22-17(25)12-24-18(26)20(2,23-19(24)27)15-7-9-16(21)10-8-15/h3-10H,11-12H2,1-2H3,(H,22,25)(H,23,27). The lowest BCUT2D eigenvalue weighted by Crippen LogP contribution is -2.43. The molecule has 1 aliphatic heterocycles. The van der Waals surface area contributed by atoms with Crippen LogP contribution in [0.2, 0.25) is 0 Å². The van der Waals surface area contributed by atoms with E-state index in [0.29, 0.717) is 12.1 Å². The molecule has 1 fully saturated rings. The molecular weight excluding hydrogens is 349 g/mol. The van der Waals surface area contributed by atoms with Crippen molar-refractivity contribution in [2.24, 2.45) is 0 Å². The molecule has 0 aliphatic carbocycles. The third kappa shape index (κ3) is 3.67. The number of carbonyl (C=O) groups excluding carboxylic acids is 3. The number of imide groups is 1. The summed E-state index contributed by atoms with van der Waals surface area (Å²) in [5.74, 6) is -1.43. The average molecular weight is 369 g/mol. The van der Waals surface area contributed by atoms with Crippen LogP contribution in [0.5, 0.6) is 0 Å². The second-order valence-corrected chi connectivity index (χ2v) is 6.66. The highest BCUT2D eigenvalue weighted by Crippen LogP contribution is 2.28. The smallest absolute Gasteiger partial charge is 0.325 e. The second kappa shape index (κ2) is 7.19. The predicted molar refractivity (Wildman–Crippen MR) is 97.0 cm³/mol. The van der Waals surface area contributed by atoms with E-state index in [1.54, 1.807) is 0 Å². The van der Waals surface area contributed by atoms with Crippen molar-refractivity contribution < 1.29 is 18.8 Å². The van der Waals surface area contributed by atoms with Gasteiger partial charge < -0.3 is 10.6 Å². The van der Waals surface area contributed by atoms with Crippen LogP contribution in [0.25, 0.3) is 0 Å². The Labute approximate surface area is 156 Å². The molecule has 4 amide bonds. The zero-order valence-electron chi connectivity index (χ0n) is 15.1. The Morgan fingerprint density at radius 2 is 1.81 bits per heavy atom. The number of amides is 4. The highest BCUT2D eigenvalue weighted by Gasteiger charge is 2.49. The van der Waals surface area contributed by atoms with Crippen LogP contribution in [0, 0.1) is 12.7 Å². The van der Waals surface area contributed by atoms with E-state index in [1.165, 1.54) is 31.2 Å². The summed E-state index contributed by atoms with van der Waals surface area (Å²) >= 11 is 0. The van der Waals surface area contributed by atoms with Gasteiger partial charge in [-0.1, -0.05) is 36.4 Å². The van der Waals surface area contributed by atoms with E-state index in [9.17, 15) is 18.8 Å². The van der Waals surface area contributed by atoms with E-state index in [0.717, 1.165) is 16.0 Å². The maximum Gasteiger partial charge on any atom is 0.325 e. The lowest BCUT2D eigenvalue weighted by Gasteiger charge is -2.22. The average Bonchev–Trinajstić information content (AvgIpc) is 2.85. The van der Waals surface area contributed by atoms with Crippen molar-refractivity contribution in [2.45, 2.75) is 25.9 Å². The number of hydrogen-bond acceptors (Lipinski definition) is 3. The van der Waals surface area contributed by atoms with E-state index in [-0.39, 0.29) is 6.54 Å². The van der Waals surface area contributed by atoms with Gasteiger partial charge in [-0.25, -0.2) is 9.18 Å². The van der Waals surface area contributed by atoms with Crippen LogP contribution < -0.4 is 10.6 Å². The molecule has 1 aliphatic rings. The summed E-state index contributed by atoms with van der Waals surface area (Å²) in [6.45, 7) is 3.40. The molecule has 6 nitrogen and oxygen atoms in total. The molecule has 7 heteroatoms. The van der Waals surface area contributed by atoms with Crippen molar-refractivity contribution in [3.05, 3.63) is 71.0 Å². The molecule has 1 atom stereocenters. The predicted octanol–water partition coefficient (Wildman–Crippen LogP) is 2.22. The molecule has 1 saturated heterocycles. The van der Waals surface area contributed by atoms with Crippen LogP contribution in [-0.2, 0) is 21.7 Å². The van der Waals surface area contributed by atoms with E-state index in [1.807, 2.05) is 31.2 Å². The fourth-order valence-corrected chi connectivity index (χ4v) is 3.02. The molecule has 0 aromatic heterocycles. The maximum atomic E-state index is 13.1. The number of urea groups is 1. The minimum absolute atomic E-state index is 0.310. The Balaban J connectivity index is 1.67. The number of rotatable bonds is 5. The van der Waals surface area contributed by atoms with Crippen LogP contribution >= 0.6 is 0 Å². The van der Waals surface area contributed by atoms with Gasteiger partial charge >= 0.3 is 6.03 Å². The number of halogens is 1. The van der Waals surface area contributed by atoms with Crippen molar-refractivity contribution in [1.82, 2.24) is 15.5 Å². The van der Waals surface area contributed by atoms with Crippen LogP contribution in [0.3, 0.4) is 0 Å². The first-order valence-electron chi connectivity index (χ1n) is 8.52. The Kier molecular flexibility index (Phi) is 4.94. The zero-order valence-corrected chi connectivity index (χ0v) is 15.1. The van der Waals surface area contributed by atoms with Gasteiger partial charge in [0.25, 0.3) is 5.91 Å². The number of benzene rings is 2. The first-order chi connectivity index (χ1) is 12.8. The number of carbonyl (C=O) groups is 3. The summed E-state index contributed by atoms with van der Waals surface area (Å²) in [6, 6.07) is 12.3. The van der Waals surface area contributed by atoms with Gasteiger partial charge in [-0.15, -0.1) is 0 Å². The maximum absolute atomic E-state index is 13.1. The minimum Gasteiger partial charge on any atom is -0.350 e. The van der Waals surface area contributed by atoms with Crippen LogP contribution in [0.4, 0.5) is 9.18 Å². The van der Waals surface area contributed by atoms with E-state index >= 15 is 0 Å². The lowest BCUT2D eigenvalue weighted by molar-refractivity contribution is -0.134. The molecule has 140 valence electrons. The molecule has 0 spiro atoms. The number of nitrogens with zero attached hydrogens (tertiary/aromatic N) is 1. The number of aryl methyl sites for hydroxylation is 1. The minimum atomic E-state index is -1.33. The Bertz CT molecular complexity index is 898. The molecule has 2 N–H and O–H groups in total. The molecule has 0 saturated carbocycles. The van der Waals surface area contributed by atoms with Crippen LogP contribution in [0.15, 0.2) is 48.5 Å². The summed E-state index contributed by atoms with van der Waals surface area (Å²) in [7, 11) is 0. The fraction of sp³-hybridized carbons (Fsp3) is 0.250. The molecule has 3 rings (SSSR count). The highest BCUT2D eigenvalue weighted by atomic mass is 19.1. The van der Waals surface area contributed by atoms with Crippen molar-refractivity contribution in [3.8, 4) is 0 Å². The molecule has 27 heavy (non-hydrogen) atoms. The molecule has 0 bridgehead atoms. The van der Waals surface area contributed by atoms with Gasteiger partial charge in [0.05, 0.1) is 0 Å². The summed E-state index contributed by atoms with van der Waals surface area (Å²) in [5, 5.41) is 5.31. The van der Waals surface area contributed by atoms with Gasteiger partial charge in [0.2, 0.25) is 5.91 Å². The first-order valence-corrected chi connectivity index (χ1v) is 8.52. The van der Waals surface area contributed by atoms with Gasteiger partial charge in [0.1, 0.15) is 17.9 Å². The third-order valence-electron chi connectivity index (χ3n) is 4.74. The van der Waals surface area contributed by atoms with Gasteiger partial charge in [0.15, 0.2) is 0 Å². The highest BCUT2D eigenvalue weighted by molar-refractivity contribution is 6.09. The normalized spacial score (nSPS) is 19.1. The Morgan fingerprint density at radius 3 is 2.48 bits per heavy atom. The lowest BCUT2D eigenvalue weighted by atomic mass is 9.92. The van der Waals surface area contributed by atoms with Crippen LogP contribution in [-0.4, -0.2) is 29.3 Å². The van der Waals surface area contributed by atoms with Gasteiger partial charge in [-0.2, -0.15) is 0 Å². The summed E-state index contributed by atoms with van der Waals surface area (Å²) in [6.07, 6.45) is 0. The van der Waals surface area contributed by atoms with Crippen molar-refractivity contribution in [2.75, 3.05) is 6.54 Å². The van der Waals surface area contributed by atoms with Gasteiger partial charge in [0, 0.05) is 6.54 Å². The number of nitrogens with one attached hydrogen (secondary N) is 2. The quantitative estimate of drug-likeness (QED) is 0.794. The van der Waals surface area contributed by atoms with Crippen molar-refractivity contribution >= 4 is 17.8 Å². The molecule has 0 radical (unpaired) electrons. The van der Waals surface area contributed by atoms with Crippen molar-refractivity contribution in [1.29, 1.82) is 0 Å². The molecular formula is C20H20FN3O3. The monoisotopic (exact) mass is 369 g/mol. The largest absolute Gasteiger partial charge is 0.350 e.